The lowest BCUT2D eigenvalue weighted by Gasteiger charge is -2.57. The van der Waals surface area contributed by atoms with E-state index in [1.807, 2.05) is 40.7 Å². The topological polar surface area (TPSA) is 122 Å². The summed E-state index contributed by atoms with van der Waals surface area (Å²) in [6.07, 6.45) is 5.85. The highest BCUT2D eigenvalue weighted by molar-refractivity contribution is 6.02. The Morgan fingerprint density at radius 2 is 1.79 bits per heavy atom. The third-order valence-corrected chi connectivity index (χ3v) is 9.36. The second kappa shape index (κ2) is 10.9. The molecular formula is C30H40O9. The van der Waals surface area contributed by atoms with E-state index in [2.05, 4.69) is 0 Å². The Kier molecular flexibility index (Phi) is 8.11. The monoisotopic (exact) mass is 544 g/mol. The van der Waals surface area contributed by atoms with E-state index in [-0.39, 0.29) is 61.3 Å². The highest BCUT2D eigenvalue weighted by Crippen LogP contribution is 2.67. The fourth-order valence-corrected chi connectivity index (χ4v) is 7.57. The Morgan fingerprint density at radius 3 is 2.49 bits per heavy atom. The molecule has 0 bridgehead atoms. The number of ether oxygens (including phenoxy) is 4. The summed E-state index contributed by atoms with van der Waals surface area (Å²) in [6.45, 7) is 9.09. The molecular weight excluding hydrogens is 504 g/mol. The summed E-state index contributed by atoms with van der Waals surface area (Å²) in [5.41, 5.74) is -2.28. The molecule has 39 heavy (non-hydrogen) atoms. The van der Waals surface area contributed by atoms with E-state index >= 15 is 0 Å². The average Bonchev–Trinajstić information content (AvgIpc) is 3.17. The van der Waals surface area contributed by atoms with Crippen LogP contribution in [0.4, 0.5) is 9.59 Å². The highest BCUT2D eigenvalue weighted by atomic mass is 16.7. The zero-order chi connectivity index (χ0) is 28.6. The molecule has 0 spiro atoms. The summed E-state index contributed by atoms with van der Waals surface area (Å²) in [7, 11) is 0. The van der Waals surface area contributed by atoms with Crippen LogP contribution in [0.25, 0.3) is 0 Å². The highest BCUT2D eigenvalue weighted by Gasteiger charge is 2.70. The van der Waals surface area contributed by atoms with Crippen molar-refractivity contribution >= 4 is 29.7 Å². The van der Waals surface area contributed by atoms with Crippen molar-refractivity contribution in [3.05, 3.63) is 23.8 Å². The van der Waals surface area contributed by atoms with Crippen LogP contribution in [0, 0.1) is 34.5 Å². The number of hydrogen-bond donors (Lipinski definition) is 0. The predicted molar refractivity (Wildman–Crippen MR) is 140 cm³/mol. The molecule has 9 nitrogen and oxygen atoms in total. The number of hydrogen-bond acceptors (Lipinski definition) is 9. The Bertz CT molecular complexity index is 1100. The molecule has 4 rings (SSSR count). The zero-order valence-corrected chi connectivity index (χ0v) is 23.6. The molecule has 0 aromatic rings. The van der Waals surface area contributed by atoms with Crippen LogP contribution in [-0.4, -0.2) is 55.1 Å². The standard InChI is InChI=1S/C30H40O9/c1-6-13-36-27(35)39-30(24(33)17-38-26(34)37-16-18(2)3)12-10-22-21-8-7-19-14-20(31)9-11-28(19,4)25(21)23(32)15-29(22,30)5/h9,11,14,18,21-22,25H,6-8,10,12-13,15-17H2,1-5H3/t21-,22-,25+,28-,29-,30-/m0/s1. The number of carbonyl (C=O) groups is 5. The van der Waals surface area contributed by atoms with Crippen LogP contribution >= 0.6 is 0 Å². The van der Waals surface area contributed by atoms with Gasteiger partial charge in [-0.2, -0.15) is 0 Å². The average molecular weight is 545 g/mol. The summed E-state index contributed by atoms with van der Waals surface area (Å²) in [6, 6.07) is 0. The van der Waals surface area contributed by atoms with Gasteiger partial charge in [-0.25, -0.2) is 9.59 Å². The van der Waals surface area contributed by atoms with Gasteiger partial charge in [0.25, 0.3) is 0 Å². The zero-order valence-electron chi connectivity index (χ0n) is 23.6. The van der Waals surface area contributed by atoms with Crippen molar-refractivity contribution in [2.24, 2.45) is 34.5 Å². The second-order valence-electron chi connectivity index (χ2n) is 12.3. The lowest BCUT2D eigenvalue weighted by atomic mass is 9.46. The summed E-state index contributed by atoms with van der Waals surface area (Å²) in [5.74, 6) is -1.06. The molecule has 0 unspecified atom stereocenters. The molecule has 0 saturated heterocycles. The first-order valence-corrected chi connectivity index (χ1v) is 14.0. The third kappa shape index (κ3) is 5.05. The smallest absolute Gasteiger partial charge is 0.434 e. The number of rotatable bonds is 8. The maximum atomic E-state index is 14.0. The number of ketones is 3. The van der Waals surface area contributed by atoms with Gasteiger partial charge in [0.2, 0.25) is 5.78 Å². The molecule has 0 radical (unpaired) electrons. The molecule has 0 aromatic carbocycles. The molecule has 214 valence electrons. The lowest BCUT2D eigenvalue weighted by Crippen LogP contribution is -2.62. The van der Waals surface area contributed by atoms with E-state index in [9.17, 15) is 24.0 Å². The lowest BCUT2D eigenvalue weighted by molar-refractivity contribution is -0.173. The summed E-state index contributed by atoms with van der Waals surface area (Å²) < 4.78 is 21.2. The number of carbonyl (C=O) groups excluding carboxylic acids is 5. The molecule has 9 heteroatoms. The SMILES string of the molecule is CCCOC(=O)O[C@]1(C(=O)COC(=O)OCC(C)C)CC[C@H]2[C@@H]3CCC4=CC(=O)C=C[C@]4(C)[C@H]3C(=O)C[C@@]21C. The van der Waals surface area contributed by atoms with Crippen LogP contribution in [0.3, 0.4) is 0 Å². The molecule has 0 heterocycles. The molecule has 3 fully saturated rings. The largest absolute Gasteiger partial charge is 0.509 e. The first-order valence-electron chi connectivity index (χ1n) is 14.0. The van der Waals surface area contributed by atoms with Gasteiger partial charge in [0.1, 0.15) is 5.78 Å². The summed E-state index contributed by atoms with van der Waals surface area (Å²) >= 11 is 0. The number of allylic oxidation sites excluding steroid dienone is 4. The maximum Gasteiger partial charge on any atom is 0.509 e. The molecule has 0 aromatic heterocycles. The van der Waals surface area contributed by atoms with Crippen LogP contribution < -0.4 is 0 Å². The minimum absolute atomic E-state index is 0.0206. The number of Topliss-reactive ketones (excluding diaryl/α,β-unsaturated/α-hetero) is 2. The van der Waals surface area contributed by atoms with E-state index < -0.39 is 41.1 Å². The first kappa shape index (κ1) is 29.0. The van der Waals surface area contributed by atoms with Gasteiger partial charge in [0.15, 0.2) is 18.0 Å². The normalized spacial score (nSPS) is 34.9. The molecule has 0 N–H and O–H groups in total. The predicted octanol–water partition coefficient (Wildman–Crippen LogP) is 5.15. The van der Waals surface area contributed by atoms with E-state index in [0.29, 0.717) is 25.7 Å². The summed E-state index contributed by atoms with van der Waals surface area (Å²) in [5, 5.41) is 0. The van der Waals surface area contributed by atoms with E-state index in [1.54, 1.807) is 6.08 Å². The Labute approximate surface area is 229 Å². The summed E-state index contributed by atoms with van der Waals surface area (Å²) in [4.78, 5) is 64.8. The van der Waals surface area contributed by atoms with Gasteiger partial charge in [-0.3, -0.25) is 14.4 Å². The van der Waals surface area contributed by atoms with Crippen LogP contribution in [0.1, 0.15) is 73.1 Å². The van der Waals surface area contributed by atoms with Crippen LogP contribution in [0.2, 0.25) is 0 Å². The van der Waals surface area contributed by atoms with Crippen molar-refractivity contribution in [1.82, 2.24) is 0 Å². The molecule has 0 aliphatic heterocycles. The van der Waals surface area contributed by atoms with Gasteiger partial charge in [0, 0.05) is 23.2 Å². The Balaban J connectivity index is 1.64. The van der Waals surface area contributed by atoms with Crippen molar-refractivity contribution in [1.29, 1.82) is 0 Å². The van der Waals surface area contributed by atoms with E-state index in [0.717, 1.165) is 5.57 Å². The Morgan fingerprint density at radius 1 is 1.05 bits per heavy atom. The third-order valence-electron chi connectivity index (χ3n) is 9.36. The van der Waals surface area contributed by atoms with Crippen LogP contribution in [-0.2, 0) is 33.3 Å². The minimum Gasteiger partial charge on any atom is -0.434 e. The van der Waals surface area contributed by atoms with Gasteiger partial charge in [-0.1, -0.05) is 46.3 Å². The van der Waals surface area contributed by atoms with Gasteiger partial charge in [-0.15, -0.1) is 0 Å². The van der Waals surface area contributed by atoms with Gasteiger partial charge in [0.05, 0.1) is 13.2 Å². The quantitative estimate of drug-likeness (QED) is 0.382. The van der Waals surface area contributed by atoms with E-state index in [1.165, 1.54) is 6.08 Å². The molecule has 6 atom stereocenters. The van der Waals surface area contributed by atoms with Crippen molar-refractivity contribution in [3.8, 4) is 0 Å². The fraction of sp³-hybridized carbons (Fsp3) is 0.700. The van der Waals surface area contributed by atoms with Crippen molar-refractivity contribution < 1.29 is 42.9 Å². The maximum absolute atomic E-state index is 14.0. The van der Waals surface area contributed by atoms with Crippen molar-refractivity contribution in [3.63, 3.8) is 0 Å². The molecule has 0 amide bonds. The minimum atomic E-state index is -1.68. The molecule has 4 aliphatic rings. The Hall–Kier alpha value is -2.97. The molecule has 3 saturated carbocycles. The van der Waals surface area contributed by atoms with Gasteiger partial charge in [-0.05, 0) is 62.0 Å². The van der Waals surface area contributed by atoms with Crippen LogP contribution in [0.5, 0.6) is 0 Å². The molecule has 4 aliphatic carbocycles. The van der Waals surface area contributed by atoms with Crippen LogP contribution in [0.15, 0.2) is 23.8 Å². The van der Waals surface area contributed by atoms with E-state index in [4.69, 9.17) is 18.9 Å². The fourth-order valence-electron chi connectivity index (χ4n) is 7.57. The second-order valence-corrected chi connectivity index (χ2v) is 12.3. The van der Waals surface area contributed by atoms with Crippen molar-refractivity contribution in [2.45, 2.75) is 78.7 Å². The van der Waals surface area contributed by atoms with Gasteiger partial charge >= 0.3 is 12.3 Å². The first-order chi connectivity index (χ1) is 18.4. The number of fused-ring (bicyclic) bond motifs is 5. The van der Waals surface area contributed by atoms with Gasteiger partial charge < -0.3 is 18.9 Å². The van der Waals surface area contributed by atoms with Crippen molar-refractivity contribution in [2.75, 3.05) is 19.8 Å².